The molecule has 0 amide bonds. The second kappa shape index (κ2) is 26.6. The summed E-state index contributed by atoms with van der Waals surface area (Å²) < 4.78 is 65.9. The van der Waals surface area contributed by atoms with E-state index < -0.39 is 21.3 Å². The second-order valence-electron chi connectivity index (χ2n) is 11.8. The van der Waals surface area contributed by atoms with Gasteiger partial charge in [-0.2, -0.15) is 23.5 Å². The summed E-state index contributed by atoms with van der Waals surface area (Å²) in [6.45, 7) is 7.29. The molecule has 0 aliphatic heterocycles. The number of thioether (sulfide) groups is 2. The molecule has 0 spiro atoms. The maximum atomic E-state index is 12.8. The van der Waals surface area contributed by atoms with Crippen molar-refractivity contribution in [2.24, 2.45) is 10.8 Å². The number of hydrogen-bond donors (Lipinski definition) is 0. The zero-order chi connectivity index (χ0) is 35.2. The van der Waals surface area contributed by atoms with Gasteiger partial charge in [0.2, 0.25) is 0 Å². The van der Waals surface area contributed by atoms with E-state index in [9.17, 15) is 27.2 Å². The number of carbonyl (C=O) groups excluding carboxylic acids is 2. The van der Waals surface area contributed by atoms with E-state index in [1.807, 2.05) is 27.7 Å². The molecular weight excluding hydrogens is 697 g/mol. The number of rotatable bonds is 14. The molecule has 0 aromatic rings. The van der Waals surface area contributed by atoms with Crippen molar-refractivity contribution in [2.75, 3.05) is 39.0 Å². The Morgan fingerprint density at radius 1 is 0.681 bits per heavy atom. The van der Waals surface area contributed by atoms with E-state index in [0.717, 1.165) is 57.8 Å². The van der Waals surface area contributed by atoms with Crippen molar-refractivity contribution in [3.63, 3.8) is 0 Å². The smallest absolute Gasteiger partial charge is 0.469 e. The Bertz CT molecular complexity index is 824. The Morgan fingerprint density at radius 2 is 1.04 bits per heavy atom. The summed E-state index contributed by atoms with van der Waals surface area (Å²) in [4.78, 5) is 55.3. The molecular formula is C29H54F4O11S3. The van der Waals surface area contributed by atoms with Crippen molar-refractivity contribution in [1.82, 2.24) is 0 Å². The van der Waals surface area contributed by atoms with E-state index in [2.05, 4.69) is 9.22 Å². The Hall–Kier alpha value is -1.21. The number of halogens is 4. The van der Waals surface area contributed by atoms with Gasteiger partial charge in [-0.15, -0.1) is 22.4 Å². The topological polar surface area (TPSA) is 149 Å². The van der Waals surface area contributed by atoms with Gasteiger partial charge in [0.1, 0.15) is 6.67 Å². The zero-order valence-corrected chi connectivity index (χ0v) is 29.1. The standard InChI is InChI=1S/C14H23F3O5S2.C13H23FO2S.2CH4.2O2/c1-12(2,9-20-24-22-21-14(15,16)17)23-10-13(11(18)19-3)7-5-4-6-8-13;1-12(2,9-14)17-10-13(11(15)16-3)7-5-4-6-8-13;;;2*1-2/h4-10H2,1-3H3;4-10H2,1-3H3;2*1H4;;. The number of carbonyl (C=O) groups is 2. The Labute approximate surface area is 289 Å². The number of esters is 2. The van der Waals surface area contributed by atoms with Crippen LogP contribution in [0.5, 0.6) is 0 Å². The lowest BCUT2D eigenvalue weighted by Crippen LogP contribution is -2.38. The fourth-order valence-electron chi connectivity index (χ4n) is 4.69. The summed E-state index contributed by atoms with van der Waals surface area (Å²) in [6, 6.07) is 0. The molecule has 0 unspecified atom stereocenters. The molecule has 2 saturated carbocycles. The molecule has 2 aliphatic carbocycles. The molecule has 0 radical (unpaired) electrons. The molecule has 0 N–H and O–H groups in total. The molecule has 2 aliphatic rings. The van der Waals surface area contributed by atoms with E-state index in [1.165, 1.54) is 32.4 Å². The van der Waals surface area contributed by atoms with Gasteiger partial charge < -0.3 is 9.47 Å². The highest BCUT2D eigenvalue weighted by atomic mass is 32.2. The van der Waals surface area contributed by atoms with Crippen LogP contribution in [0.1, 0.15) is 107 Å². The predicted octanol–water partition coefficient (Wildman–Crippen LogP) is 9.67. The molecule has 2 fully saturated rings. The van der Waals surface area contributed by atoms with Crippen LogP contribution in [0, 0.1) is 30.7 Å². The summed E-state index contributed by atoms with van der Waals surface area (Å²) >= 11 is 3.22. The van der Waals surface area contributed by atoms with Crippen LogP contribution in [0.3, 0.4) is 0 Å². The number of ether oxygens (including phenoxy) is 2. The van der Waals surface area contributed by atoms with Crippen molar-refractivity contribution >= 4 is 47.8 Å². The minimum Gasteiger partial charge on any atom is -0.469 e. The fourth-order valence-corrected chi connectivity index (χ4v) is 7.62. The lowest BCUT2D eigenvalue weighted by molar-refractivity contribution is -0.441. The lowest BCUT2D eigenvalue weighted by atomic mass is 9.75. The normalized spacial score (nSPS) is 16.8. The van der Waals surface area contributed by atoms with Gasteiger partial charge in [-0.25, -0.2) is 4.39 Å². The molecule has 0 saturated heterocycles. The van der Waals surface area contributed by atoms with Gasteiger partial charge in [-0.3, -0.25) is 13.8 Å². The van der Waals surface area contributed by atoms with Crippen molar-refractivity contribution in [3.05, 3.63) is 19.9 Å². The van der Waals surface area contributed by atoms with Gasteiger partial charge in [0.15, 0.2) is 12.3 Å². The van der Waals surface area contributed by atoms with Crippen molar-refractivity contribution in [1.29, 1.82) is 0 Å². The first kappa shape index (κ1) is 52.6. The predicted molar refractivity (Wildman–Crippen MR) is 183 cm³/mol. The lowest BCUT2D eigenvalue weighted by Gasteiger charge is -2.36. The van der Waals surface area contributed by atoms with Gasteiger partial charge in [0, 0.05) is 40.9 Å². The summed E-state index contributed by atoms with van der Waals surface area (Å²) in [5.74, 6) is 0.957. The molecule has 282 valence electrons. The average molecular weight is 751 g/mol. The third-order valence-corrected chi connectivity index (χ3v) is 10.8. The van der Waals surface area contributed by atoms with Gasteiger partial charge in [-0.05, 0) is 53.4 Å². The summed E-state index contributed by atoms with van der Waals surface area (Å²) in [7, 11) is 2.84. The van der Waals surface area contributed by atoms with E-state index >= 15 is 0 Å². The van der Waals surface area contributed by atoms with Crippen LogP contribution in [0.4, 0.5) is 17.6 Å². The largest absolute Gasteiger partial charge is 0.550 e. The van der Waals surface area contributed by atoms with Crippen LogP contribution < -0.4 is 0 Å². The summed E-state index contributed by atoms with van der Waals surface area (Å²) in [5, 5.41) is 0. The van der Waals surface area contributed by atoms with Gasteiger partial charge in [-0.1, -0.05) is 53.4 Å². The zero-order valence-electron chi connectivity index (χ0n) is 26.6. The van der Waals surface area contributed by atoms with Crippen LogP contribution in [0.2, 0.25) is 0 Å². The van der Waals surface area contributed by atoms with Crippen LogP contribution in [0.15, 0.2) is 0 Å². The van der Waals surface area contributed by atoms with Gasteiger partial charge in [0.25, 0.3) is 0 Å². The molecule has 0 heterocycles. The molecule has 0 bridgehead atoms. The number of methoxy groups -OCH3 is 2. The van der Waals surface area contributed by atoms with Crippen molar-refractivity contribution < 1.29 is 50.0 Å². The molecule has 11 nitrogen and oxygen atoms in total. The van der Waals surface area contributed by atoms with Crippen molar-refractivity contribution in [2.45, 2.75) is 123 Å². The average Bonchev–Trinajstić information content (AvgIpc) is 3.04. The molecule has 18 heteroatoms. The van der Waals surface area contributed by atoms with Crippen LogP contribution in [-0.4, -0.2) is 66.8 Å². The van der Waals surface area contributed by atoms with Gasteiger partial charge >= 0.3 is 18.3 Å². The quantitative estimate of drug-likeness (QED) is 0.0414. The molecule has 2 rings (SSSR count). The van der Waals surface area contributed by atoms with Crippen LogP contribution in [-0.2, 0) is 32.5 Å². The SMILES string of the molecule is C.C.COC(=O)C1(CSC(C)(C)CF)CCCCC1.COC(=O)C1(CSC(C)(C)COSOOC(F)(F)F)CCCCC1.O=O.O=O. The minimum atomic E-state index is -4.87. The second-order valence-corrected chi connectivity index (χ2v) is 15.7. The van der Waals surface area contributed by atoms with Crippen LogP contribution in [0.25, 0.3) is 0 Å². The first-order chi connectivity index (χ1) is 21.1. The Morgan fingerprint density at radius 3 is 1.36 bits per heavy atom. The van der Waals surface area contributed by atoms with Crippen LogP contribution >= 0.6 is 35.8 Å². The highest BCUT2D eigenvalue weighted by Gasteiger charge is 2.43. The van der Waals surface area contributed by atoms with Crippen molar-refractivity contribution in [3.8, 4) is 0 Å². The minimum absolute atomic E-state index is 0. The monoisotopic (exact) mass is 750 g/mol. The van der Waals surface area contributed by atoms with E-state index in [-0.39, 0.29) is 57.8 Å². The molecule has 0 aromatic heterocycles. The molecule has 47 heavy (non-hydrogen) atoms. The van der Waals surface area contributed by atoms with E-state index in [4.69, 9.17) is 33.5 Å². The highest BCUT2D eigenvalue weighted by molar-refractivity contribution is 8.01. The summed E-state index contributed by atoms with van der Waals surface area (Å²) in [6.07, 6.45) is 4.92. The Kier molecular flexibility index (Phi) is 29.8. The van der Waals surface area contributed by atoms with E-state index in [0.29, 0.717) is 11.5 Å². The molecule has 0 aromatic carbocycles. The van der Waals surface area contributed by atoms with E-state index in [1.54, 1.807) is 11.8 Å². The maximum absolute atomic E-state index is 12.8. The number of alkyl halides is 4. The first-order valence-electron chi connectivity index (χ1n) is 14.1. The third-order valence-electron chi connectivity index (χ3n) is 7.27. The Balaban J connectivity index is -0.000000356. The molecule has 0 atom stereocenters. The van der Waals surface area contributed by atoms with Gasteiger partial charge in [0.05, 0.1) is 31.7 Å². The maximum Gasteiger partial charge on any atom is 0.550 e. The highest BCUT2D eigenvalue weighted by Crippen LogP contribution is 2.44. The third kappa shape index (κ3) is 21.5. The first-order valence-corrected chi connectivity index (χ1v) is 16.7. The summed E-state index contributed by atoms with van der Waals surface area (Å²) in [5.41, 5.74) is -0.859. The number of hydrogen-bond acceptors (Lipinski definition) is 14. The fraction of sp³-hybridized carbons (Fsp3) is 0.931.